The highest BCUT2D eigenvalue weighted by Crippen LogP contribution is 2.35. The first kappa shape index (κ1) is 14.0. The molecule has 2 fully saturated rings. The van der Waals surface area contributed by atoms with Crippen molar-refractivity contribution in [2.24, 2.45) is 0 Å². The summed E-state index contributed by atoms with van der Waals surface area (Å²) in [7, 11) is -3.41. The van der Waals surface area contributed by atoms with E-state index in [-0.39, 0.29) is 6.04 Å². The molecule has 1 unspecified atom stereocenters. The van der Waals surface area contributed by atoms with E-state index in [1.165, 1.54) is 0 Å². The smallest absolute Gasteiger partial charge is 0.282 e. The van der Waals surface area contributed by atoms with E-state index in [1.54, 1.807) is 8.61 Å². The van der Waals surface area contributed by atoms with Gasteiger partial charge in [-0.15, -0.1) is 0 Å². The molecule has 3 heterocycles. The van der Waals surface area contributed by atoms with Gasteiger partial charge in [0.05, 0.1) is 11.7 Å². The minimum atomic E-state index is -3.41. The Hall–Kier alpha value is -0.960. The average Bonchev–Trinajstić information content (AvgIpc) is 3.08. The van der Waals surface area contributed by atoms with E-state index in [4.69, 9.17) is 4.52 Å². The van der Waals surface area contributed by atoms with Crippen LogP contribution in [0.2, 0.25) is 0 Å². The summed E-state index contributed by atoms with van der Waals surface area (Å²) in [4.78, 5) is 0. The number of rotatable bonds is 3. The summed E-state index contributed by atoms with van der Waals surface area (Å²) in [5, 5.41) is 7.04. The Morgan fingerprint density at radius 1 is 1.35 bits per heavy atom. The minimum Gasteiger partial charge on any atom is -0.359 e. The molecule has 7 nitrogen and oxygen atoms in total. The van der Waals surface area contributed by atoms with Gasteiger partial charge in [-0.25, -0.2) is 0 Å². The van der Waals surface area contributed by atoms with Gasteiger partial charge in [-0.05, 0) is 19.8 Å². The molecule has 3 rings (SSSR count). The molecule has 112 valence electrons. The van der Waals surface area contributed by atoms with Gasteiger partial charge in [0.1, 0.15) is 0 Å². The second-order valence-electron chi connectivity index (χ2n) is 5.30. The van der Waals surface area contributed by atoms with Crippen LogP contribution in [0.25, 0.3) is 0 Å². The predicted octanol–water partition coefficient (Wildman–Crippen LogP) is 0.270. The fourth-order valence-electron chi connectivity index (χ4n) is 2.86. The van der Waals surface area contributed by atoms with E-state index >= 15 is 0 Å². The quantitative estimate of drug-likeness (QED) is 0.867. The summed E-state index contributed by atoms with van der Waals surface area (Å²) in [5.74, 6) is 0.652. The first-order valence-electron chi connectivity index (χ1n) is 7.00. The predicted molar refractivity (Wildman–Crippen MR) is 73.3 cm³/mol. The first-order valence-corrected chi connectivity index (χ1v) is 8.39. The van der Waals surface area contributed by atoms with Crippen LogP contribution in [0.4, 0.5) is 0 Å². The van der Waals surface area contributed by atoms with Crippen LogP contribution in [0.5, 0.6) is 0 Å². The summed E-state index contributed by atoms with van der Waals surface area (Å²) >= 11 is 0. The van der Waals surface area contributed by atoms with Gasteiger partial charge >= 0.3 is 0 Å². The molecule has 0 bridgehead atoms. The van der Waals surface area contributed by atoms with Crippen LogP contribution in [0.3, 0.4) is 0 Å². The zero-order chi connectivity index (χ0) is 14.2. The van der Waals surface area contributed by atoms with Crippen molar-refractivity contribution < 1.29 is 12.9 Å². The standard InChI is InChI=1S/C12H20N4O3S/c1-10-9-12(19-14-10)11-3-2-6-16(11)20(17,18)15-7-4-13-5-8-15/h9,11,13H,2-8H2,1H3. The Kier molecular flexibility index (Phi) is 3.80. The topological polar surface area (TPSA) is 78.7 Å². The summed E-state index contributed by atoms with van der Waals surface area (Å²) in [6, 6.07) is 1.62. The number of hydrogen-bond acceptors (Lipinski definition) is 5. The molecule has 1 aromatic rings. The Labute approximate surface area is 119 Å². The van der Waals surface area contributed by atoms with E-state index in [2.05, 4.69) is 10.5 Å². The lowest BCUT2D eigenvalue weighted by molar-refractivity contribution is 0.269. The summed E-state index contributed by atoms with van der Waals surface area (Å²) in [6.45, 7) is 4.87. The highest BCUT2D eigenvalue weighted by molar-refractivity contribution is 7.86. The molecule has 0 amide bonds. The lowest BCUT2D eigenvalue weighted by Gasteiger charge is -2.32. The van der Waals surface area contributed by atoms with Crippen molar-refractivity contribution in [2.45, 2.75) is 25.8 Å². The normalized spacial score (nSPS) is 26.1. The highest BCUT2D eigenvalue weighted by Gasteiger charge is 2.40. The fraction of sp³-hybridized carbons (Fsp3) is 0.750. The van der Waals surface area contributed by atoms with E-state index in [0.29, 0.717) is 38.5 Å². The third kappa shape index (κ3) is 2.48. The SMILES string of the molecule is Cc1cc(C2CCCN2S(=O)(=O)N2CCNCC2)on1. The number of nitrogens with zero attached hydrogens (tertiary/aromatic N) is 3. The van der Waals surface area contributed by atoms with Crippen molar-refractivity contribution in [2.75, 3.05) is 32.7 Å². The Bertz CT molecular complexity index is 565. The van der Waals surface area contributed by atoms with Crippen LogP contribution < -0.4 is 5.32 Å². The van der Waals surface area contributed by atoms with Gasteiger partial charge in [0.2, 0.25) is 0 Å². The zero-order valence-corrected chi connectivity index (χ0v) is 12.4. The molecule has 1 atom stereocenters. The highest BCUT2D eigenvalue weighted by atomic mass is 32.2. The van der Waals surface area contributed by atoms with Crippen LogP contribution in [-0.2, 0) is 10.2 Å². The fourth-order valence-corrected chi connectivity index (χ4v) is 4.70. The maximum absolute atomic E-state index is 12.7. The maximum atomic E-state index is 12.7. The Morgan fingerprint density at radius 2 is 2.10 bits per heavy atom. The summed E-state index contributed by atoms with van der Waals surface area (Å²) in [5.41, 5.74) is 0.784. The Balaban J connectivity index is 1.84. The molecular weight excluding hydrogens is 280 g/mol. The molecule has 0 spiro atoms. The number of hydrogen-bond donors (Lipinski definition) is 1. The van der Waals surface area contributed by atoms with Gasteiger partial charge in [0.15, 0.2) is 5.76 Å². The van der Waals surface area contributed by atoms with Crippen molar-refractivity contribution in [1.29, 1.82) is 0 Å². The second kappa shape index (κ2) is 5.44. The van der Waals surface area contributed by atoms with Gasteiger partial charge < -0.3 is 9.84 Å². The zero-order valence-electron chi connectivity index (χ0n) is 11.6. The largest absolute Gasteiger partial charge is 0.359 e. The second-order valence-corrected chi connectivity index (χ2v) is 7.18. The van der Waals surface area contributed by atoms with Crippen LogP contribution in [0, 0.1) is 6.92 Å². The van der Waals surface area contributed by atoms with Crippen LogP contribution in [-0.4, -0.2) is 54.9 Å². The van der Waals surface area contributed by atoms with Crippen LogP contribution >= 0.6 is 0 Å². The molecule has 20 heavy (non-hydrogen) atoms. The number of piperazine rings is 1. The maximum Gasteiger partial charge on any atom is 0.282 e. The molecule has 2 aliphatic rings. The van der Waals surface area contributed by atoms with Crippen molar-refractivity contribution in [3.8, 4) is 0 Å². The van der Waals surface area contributed by atoms with E-state index in [0.717, 1.165) is 18.5 Å². The molecule has 2 saturated heterocycles. The summed E-state index contributed by atoms with van der Waals surface area (Å²) < 4.78 is 33.9. The molecule has 1 aromatic heterocycles. The molecule has 2 aliphatic heterocycles. The Morgan fingerprint density at radius 3 is 2.75 bits per heavy atom. The number of aryl methyl sites for hydroxylation is 1. The molecule has 1 N–H and O–H groups in total. The third-order valence-electron chi connectivity index (χ3n) is 3.88. The van der Waals surface area contributed by atoms with E-state index < -0.39 is 10.2 Å². The van der Waals surface area contributed by atoms with Crippen LogP contribution in [0.1, 0.15) is 30.3 Å². The third-order valence-corrected chi connectivity index (χ3v) is 5.92. The lowest BCUT2D eigenvalue weighted by Crippen LogP contribution is -2.51. The van der Waals surface area contributed by atoms with Crippen molar-refractivity contribution in [3.05, 3.63) is 17.5 Å². The van der Waals surface area contributed by atoms with Gasteiger partial charge in [0, 0.05) is 38.8 Å². The van der Waals surface area contributed by atoms with Gasteiger partial charge in [-0.1, -0.05) is 5.16 Å². The minimum absolute atomic E-state index is 0.212. The lowest BCUT2D eigenvalue weighted by atomic mass is 10.2. The summed E-state index contributed by atoms with van der Waals surface area (Å²) in [6.07, 6.45) is 1.65. The van der Waals surface area contributed by atoms with Gasteiger partial charge in [0.25, 0.3) is 10.2 Å². The van der Waals surface area contributed by atoms with Crippen molar-refractivity contribution in [1.82, 2.24) is 19.1 Å². The number of nitrogens with one attached hydrogen (secondary N) is 1. The monoisotopic (exact) mass is 300 g/mol. The molecule has 8 heteroatoms. The van der Waals surface area contributed by atoms with Crippen LogP contribution in [0.15, 0.2) is 10.6 Å². The first-order chi connectivity index (χ1) is 9.59. The molecule has 0 saturated carbocycles. The number of aromatic nitrogens is 1. The molecule has 0 aromatic carbocycles. The van der Waals surface area contributed by atoms with E-state index in [9.17, 15) is 8.42 Å². The molecule has 0 radical (unpaired) electrons. The molecular formula is C12H20N4O3S. The van der Waals surface area contributed by atoms with Gasteiger partial charge in [-0.2, -0.15) is 17.0 Å². The molecule has 0 aliphatic carbocycles. The van der Waals surface area contributed by atoms with Gasteiger partial charge in [-0.3, -0.25) is 0 Å². The van der Waals surface area contributed by atoms with Crippen molar-refractivity contribution in [3.63, 3.8) is 0 Å². The van der Waals surface area contributed by atoms with Crippen molar-refractivity contribution >= 4 is 10.2 Å². The van der Waals surface area contributed by atoms with E-state index in [1.807, 2.05) is 13.0 Å². The average molecular weight is 300 g/mol.